The van der Waals surface area contributed by atoms with Gasteiger partial charge in [-0.15, -0.1) is 0 Å². The lowest BCUT2D eigenvalue weighted by Gasteiger charge is -2.31. The molecule has 10 rings (SSSR count). The van der Waals surface area contributed by atoms with E-state index in [1.165, 1.54) is 49.9 Å². The van der Waals surface area contributed by atoms with Crippen LogP contribution in [0.2, 0.25) is 0 Å². The molecule has 52 heavy (non-hydrogen) atoms. The Bertz CT molecular complexity index is 2850. The van der Waals surface area contributed by atoms with Crippen LogP contribution in [0, 0.1) is 0 Å². The molecule has 1 atom stereocenters. The Balaban J connectivity index is 1.19. The van der Waals surface area contributed by atoms with Crippen LogP contribution in [0.1, 0.15) is 31.9 Å². The minimum Gasteiger partial charge on any atom is -0.455 e. The molecule has 7 aromatic carbocycles. The molecular weight excluding hydrogens is 633 g/mol. The van der Waals surface area contributed by atoms with Crippen molar-refractivity contribution in [3.63, 3.8) is 0 Å². The Morgan fingerprint density at radius 2 is 1.31 bits per heavy atom. The molecule has 0 radical (unpaired) electrons. The van der Waals surface area contributed by atoms with Gasteiger partial charge in [-0.2, -0.15) is 0 Å². The van der Waals surface area contributed by atoms with E-state index in [4.69, 9.17) is 4.42 Å². The van der Waals surface area contributed by atoms with E-state index in [2.05, 4.69) is 176 Å². The van der Waals surface area contributed by atoms with Gasteiger partial charge in [0.15, 0.2) is 0 Å². The summed E-state index contributed by atoms with van der Waals surface area (Å²) in [5.41, 5.74) is 14.9. The lowest BCUT2D eigenvalue weighted by molar-refractivity contribution is 0.462. The second-order valence-electron chi connectivity index (χ2n) is 14.7. The zero-order valence-electron chi connectivity index (χ0n) is 29.6. The summed E-state index contributed by atoms with van der Waals surface area (Å²) in [6.07, 6.45) is 1.90. The van der Waals surface area contributed by atoms with E-state index < -0.39 is 0 Å². The van der Waals surface area contributed by atoms with Crippen molar-refractivity contribution >= 4 is 61.2 Å². The molecule has 1 aliphatic heterocycles. The van der Waals surface area contributed by atoms with Crippen molar-refractivity contribution in [2.24, 2.45) is 0 Å². The van der Waals surface area contributed by atoms with Crippen molar-refractivity contribution in [3.8, 4) is 27.9 Å². The maximum Gasteiger partial charge on any atom is 0.143 e. The standard InChI is InChI=1S/C49H38N2O/c1-5-32-21-24-37(25-22-32)51-44-26-23-34(33-13-11-14-35(27-33)38-18-12-19-40-39-17-9-10-20-47(39)52-48(38)40)28-41(44)42-29-46-43(30-45(42)51)49(3,4)31(2)50(46)36-15-7-6-8-16-36/h5-31H,1H2,2-4H3. The third-order valence-electron chi connectivity index (χ3n) is 11.6. The maximum absolute atomic E-state index is 6.44. The second kappa shape index (κ2) is 11.3. The van der Waals surface area contributed by atoms with E-state index in [-0.39, 0.29) is 11.5 Å². The summed E-state index contributed by atoms with van der Waals surface area (Å²) >= 11 is 0. The Morgan fingerprint density at radius 1 is 0.596 bits per heavy atom. The van der Waals surface area contributed by atoms with Gasteiger partial charge in [-0.25, -0.2) is 0 Å². The molecule has 0 N–H and O–H groups in total. The van der Waals surface area contributed by atoms with Crippen molar-refractivity contribution in [1.29, 1.82) is 0 Å². The highest BCUT2D eigenvalue weighted by Crippen LogP contribution is 2.51. The first-order valence-electron chi connectivity index (χ1n) is 18.1. The SMILES string of the molecule is C=Cc1ccc(-n2c3ccc(-c4cccc(-c5cccc6c5oc5ccccc56)c4)cc3c3cc4c(cc32)C(C)(C)C(C)N4c2ccccc2)cc1. The summed E-state index contributed by atoms with van der Waals surface area (Å²) in [5.74, 6) is 0. The molecule has 0 aliphatic carbocycles. The Labute approximate surface area is 303 Å². The normalized spacial score (nSPS) is 15.2. The number of hydrogen-bond donors (Lipinski definition) is 0. The van der Waals surface area contributed by atoms with Gasteiger partial charge < -0.3 is 13.9 Å². The van der Waals surface area contributed by atoms with Crippen LogP contribution in [0.3, 0.4) is 0 Å². The van der Waals surface area contributed by atoms with Crippen LogP contribution < -0.4 is 4.90 Å². The topological polar surface area (TPSA) is 21.3 Å². The molecule has 0 spiro atoms. The average molecular weight is 671 g/mol. The summed E-state index contributed by atoms with van der Waals surface area (Å²) < 4.78 is 8.87. The molecule has 1 aliphatic rings. The molecule has 3 nitrogen and oxygen atoms in total. The third-order valence-corrected chi connectivity index (χ3v) is 11.6. The lowest BCUT2D eigenvalue weighted by Crippen LogP contribution is -2.36. The molecule has 250 valence electrons. The quantitative estimate of drug-likeness (QED) is 0.182. The van der Waals surface area contributed by atoms with Crippen molar-refractivity contribution in [1.82, 2.24) is 4.57 Å². The highest BCUT2D eigenvalue weighted by molar-refractivity contribution is 6.13. The maximum atomic E-state index is 6.44. The number of hydrogen-bond acceptors (Lipinski definition) is 2. The van der Waals surface area contributed by atoms with Gasteiger partial charge in [0.25, 0.3) is 0 Å². The molecular formula is C49H38N2O. The van der Waals surface area contributed by atoms with Gasteiger partial charge in [0.2, 0.25) is 0 Å². The molecule has 0 bridgehead atoms. The summed E-state index contributed by atoms with van der Waals surface area (Å²) in [5, 5.41) is 4.77. The highest BCUT2D eigenvalue weighted by Gasteiger charge is 2.43. The molecule has 9 aromatic rings. The predicted molar refractivity (Wildman–Crippen MR) is 220 cm³/mol. The molecule has 1 unspecified atom stereocenters. The van der Waals surface area contributed by atoms with E-state index in [1.807, 2.05) is 18.2 Å². The number of fused-ring (bicyclic) bond motifs is 7. The van der Waals surface area contributed by atoms with Gasteiger partial charge in [-0.3, -0.25) is 0 Å². The Morgan fingerprint density at radius 3 is 2.13 bits per heavy atom. The molecule has 3 heteroatoms. The number of para-hydroxylation sites is 3. The van der Waals surface area contributed by atoms with Gasteiger partial charge in [0.05, 0.1) is 11.0 Å². The molecule has 3 heterocycles. The van der Waals surface area contributed by atoms with E-state index in [0.29, 0.717) is 0 Å². The number of nitrogens with zero attached hydrogens (tertiary/aromatic N) is 2. The Hall–Kier alpha value is -6.32. The van der Waals surface area contributed by atoms with Crippen LogP contribution in [-0.2, 0) is 5.41 Å². The van der Waals surface area contributed by atoms with Crippen LogP contribution in [0.25, 0.3) is 77.8 Å². The van der Waals surface area contributed by atoms with E-state index in [0.717, 1.165) is 44.3 Å². The van der Waals surface area contributed by atoms with E-state index >= 15 is 0 Å². The molecule has 0 saturated carbocycles. The van der Waals surface area contributed by atoms with E-state index in [9.17, 15) is 0 Å². The summed E-state index contributed by atoms with van der Waals surface area (Å²) in [6, 6.07) is 55.3. The minimum atomic E-state index is -0.0539. The third kappa shape index (κ3) is 4.45. The monoisotopic (exact) mass is 670 g/mol. The summed E-state index contributed by atoms with van der Waals surface area (Å²) in [4.78, 5) is 2.53. The van der Waals surface area contributed by atoms with Gasteiger partial charge in [0, 0.05) is 55.6 Å². The number of furan rings is 1. The van der Waals surface area contributed by atoms with Crippen molar-refractivity contribution in [2.45, 2.75) is 32.2 Å². The van der Waals surface area contributed by atoms with Gasteiger partial charge in [-0.1, -0.05) is 117 Å². The first-order valence-corrected chi connectivity index (χ1v) is 18.1. The molecule has 0 fully saturated rings. The zero-order valence-corrected chi connectivity index (χ0v) is 29.6. The van der Waals surface area contributed by atoms with E-state index in [1.54, 1.807) is 0 Å². The fraction of sp³-hybridized carbons (Fsp3) is 0.102. The number of anilines is 2. The summed E-state index contributed by atoms with van der Waals surface area (Å²) in [7, 11) is 0. The average Bonchev–Trinajstić information content (AvgIpc) is 3.79. The van der Waals surface area contributed by atoms with Crippen molar-refractivity contribution < 1.29 is 4.42 Å². The van der Waals surface area contributed by atoms with Crippen LogP contribution >= 0.6 is 0 Å². The number of rotatable bonds is 5. The van der Waals surface area contributed by atoms with Crippen LogP contribution in [0.5, 0.6) is 0 Å². The van der Waals surface area contributed by atoms with Gasteiger partial charge in [-0.05, 0) is 95.4 Å². The van der Waals surface area contributed by atoms with Gasteiger partial charge in [0.1, 0.15) is 11.2 Å². The highest BCUT2D eigenvalue weighted by atomic mass is 16.3. The fourth-order valence-electron chi connectivity index (χ4n) is 8.54. The predicted octanol–water partition coefficient (Wildman–Crippen LogP) is 13.5. The zero-order chi connectivity index (χ0) is 35.1. The molecule has 2 aromatic heterocycles. The minimum absolute atomic E-state index is 0.0539. The number of benzene rings is 7. The molecule has 0 saturated heterocycles. The molecule has 0 amide bonds. The largest absolute Gasteiger partial charge is 0.455 e. The van der Waals surface area contributed by atoms with Crippen molar-refractivity contribution in [3.05, 3.63) is 169 Å². The van der Waals surface area contributed by atoms with Gasteiger partial charge >= 0.3 is 0 Å². The lowest BCUT2D eigenvalue weighted by atomic mass is 9.81. The number of aromatic nitrogens is 1. The van der Waals surface area contributed by atoms with Crippen molar-refractivity contribution in [2.75, 3.05) is 4.90 Å². The first kappa shape index (κ1) is 30.5. The fourth-order valence-corrected chi connectivity index (χ4v) is 8.54. The second-order valence-corrected chi connectivity index (χ2v) is 14.7. The van der Waals surface area contributed by atoms with Crippen LogP contribution in [0.15, 0.2) is 163 Å². The first-order chi connectivity index (χ1) is 25.4. The Kier molecular flexibility index (Phi) is 6.65. The smallest absolute Gasteiger partial charge is 0.143 e. The van der Waals surface area contributed by atoms with Crippen LogP contribution in [0.4, 0.5) is 11.4 Å². The summed E-state index contributed by atoms with van der Waals surface area (Å²) in [6.45, 7) is 11.1. The van der Waals surface area contributed by atoms with Crippen LogP contribution in [-0.4, -0.2) is 10.6 Å².